The van der Waals surface area contributed by atoms with Crippen LogP contribution < -0.4 is 4.72 Å². The summed E-state index contributed by atoms with van der Waals surface area (Å²) in [6, 6.07) is 8.07. The third-order valence-corrected chi connectivity index (χ3v) is 5.99. The molecule has 0 aliphatic carbocycles. The Morgan fingerprint density at radius 1 is 1.09 bits per heavy atom. The van der Waals surface area contributed by atoms with Gasteiger partial charge in [0.2, 0.25) is 16.4 Å². The van der Waals surface area contributed by atoms with Crippen molar-refractivity contribution in [2.75, 3.05) is 11.0 Å². The van der Waals surface area contributed by atoms with Crippen molar-refractivity contribution in [3.8, 4) is 0 Å². The fraction of sp³-hybridized carbons (Fsp3) is 0.381. The number of sulfonamides is 1. The molecule has 2 atom stereocenters. The summed E-state index contributed by atoms with van der Waals surface area (Å²) in [4.78, 5) is 0. The number of fused-ring (bicyclic) bond motifs is 1. The van der Waals surface area contributed by atoms with Gasteiger partial charge in [0.15, 0.2) is 0 Å². The van der Waals surface area contributed by atoms with Crippen LogP contribution in [0.3, 0.4) is 0 Å². The zero-order valence-electron chi connectivity index (χ0n) is 17.6. The van der Waals surface area contributed by atoms with Crippen molar-refractivity contribution < 1.29 is 35.5 Å². The summed E-state index contributed by atoms with van der Waals surface area (Å²) in [6.07, 6.45) is -7.75. The van der Waals surface area contributed by atoms with E-state index in [9.17, 15) is 35.5 Å². The Hall–Kier alpha value is -2.73. The third-order valence-electron chi connectivity index (χ3n) is 5.40. The highest BCUT2D eigenvalue weighted by atomic mass is 32.2. The Morgan fingerprint density at radius 3 is 2.21 bits per heavy atom. The van der Waals surface area contributed by atoms with Crippen LogP contribution >= 0.6 is 0 Å². The molecule has 2 aromatic carbocycles. The molecule has 6 nitrogen and oxygen atoms in total. The Morgan fingerprint density at radius 2 is 1.70 bits per heavy atom. The van der Waals surface area contributed by atoms with Gasteiger partial charge in [-0.25, -0.2) is 17.2 Å². The van der Waals surface area contributed by atoms with Crippen LogP contribution in [0.15, 0.2) is 48.7 Å². The number of halogens is 5. The van der Waals surface area contributed by atoms with Crippen molar-refractivity contribution in [2.24, 2.45) is 0 Å². The minimum Gasteiger partial charge on any atom is -0.390 e. The molecule has 0 radical (unpaired) electrons. The standard InChI is InChI=1S/C21H22F5N3O3S/c1-3-18(30)20(11-19(22)23,13-7-9-14(10-8-13)21(24,25)26)29-17-6-4-5-16(15(17)12-27-29)28-33(2,31)32/h4-10,12,18-19,28,30H,3,11H2,1-2H3. The molecule has 0 aliphatic rings. The van der Waals surface area contributed by atoms with Crippen molar-refractivity contribution in [3.63, 3.8) is 0 Å². The quantitative estimate of drug-likeness (QED) is 0.452. The predicted octanol–water partition coefficient (Wildman–Crippen LogP) is 4.60. The molecule has 2 N–H and O–H groups in total. The van der Waals surface area contributed by atoms with Gasteiger partial charge in [-0.15, -0.1) is 0 Å². The van der Waals surface area contributed by atoms with E-state index in [1.807, 2.05) is 0 Å². The smallest absolute Gasteiger partial charge is 0.390 e. The van der Waals surface area contributed by atoms with Crippen LogP contribution in [0.2, 0.25) is 0 Å². The SMILES string of the molecule is CCC(O)C(CC(F)F)(c1ccc(C(F)(F)F)cc1)n1ncc2c(NS(C)(=O)=O)cccc21. The summed E-state index contributed by atoms with van der Waals surface area (Å²) in [7, 11) is -3.67. The number of nitrogens with zero attached hydrogens (tertiary/aromatic N) is 2. The molecule has 0 saturated heterocycles. The lowest BCUT2D eigenvalue weighted by Crippen LogP contribution is -2.48. The van der Waals surface area contributed by atoms with E-state index in [0.29, 0.717) is 0 Å². The first-order chi connectivity index (χ1) is 15.3. The van der Waals surface area contributed by atoms with Gasteiger partial charge < -0.3 is 5.11 Å². The third kappa shape index (κ3) is 4.96. The maximum Gasteiger partial charge on any atom is 0.416 e. The van der Waals surface area contributed by atoms with E-state index in [-0.39, 0.29) is 28.6 Å². The molecule has 3 rings (SSSR count). The van der Waals surface area contributed by atoms with Gasteiger partial charge in [0.05, 0.1) is 35.3 Å². The lowest BCUT2D eigenvalue weighted by molar-refractivity contribution is -0.137. The molecular weight excluding hydrogens is 469 g/mol. The van der Waals surface area contributed by atoms with Crippen molar-refractivity contribution in [2.45, 2.75) is 44.0 Å². The monoisotopic (exact) mass is 491 g/mol. The summed E-state index contributed by atoms with van der Waals surface area (Å²) in [6.45, 7) is 1.55. The minimum absolute atomic E-state index is 0.00360. The fourth-order valence-corrected chi connectivity index (χ4v) is 4.55. The van der Waals surface area contributed by atoms with E-state index >= 15 is 0 Å². The van der Waals surface area contributed by atoms with Crippen molar-refractivity contribution >= 4 is 26.6 Å². The van der Waals surface area contributed by atoms with Gasteiger partial charge in [0.25, 0.3) is 0 Å². The Kier molecular flexibility index (Phi) is 6.72. The number of rotatable bonds is 8. The van der Waals surface area contributed by atoms with Crippen LogP contribution in [0.25, 0.3) is 10.9 Å². The van der Waals surface area contributed by atoms with Gasteiger partial charge >= 0.3 is 6.18 Å². The normalized spacial score (nSPS) is 15.5. The van der Waals surface area contributed by atoms with E-state index in [2.05, 4.69) is 9.82 Å². The summed E-state index contributed by atoms with van der Waals surface area (Å²) >= 11 is 0. The highest BCUT2D eigenvalue weighted by molar-refractivity contribution is 7.92. The molecule has 2 unspecified atom stereocenters. The van der Waals surface area contributed by atoms with E-state index in [1.54, 1.807) is 6.92 Å². The molecular formula is C21H22F5N3O3S. The second-order valence-corrected chi connectivity index (χ2v) is 9.44. The molecule has 1 heterocycles. The maximum absolute atomic E-state index is 13.9. The van der Waals surface area contributed by atoms with Crippen LogP contribution in [-0.2, 0) is 21.7 Å². The fourth-order valence-electron chi connectivity index (χ4n) is 3.97. The molecule has 3 aromatic rings. The second-order valence-electron chi connectivity index (χ2n) is 7.69. The number of aromatic nitrogens is 2. The molecule has 0 fully saturated rings. The predicted molar refractivity (Wildman–Crippen MR) is 114 cm³/mol. The number of nitrogens with one attached hydrogen (secondary N) is 1. The zero-order chi connectivity index (χ0) is 24.6. The molecule has 0 amide bonds. The Bertz CT molecular complexity index is 1230. The van der Waals surface area contributed by atoms with Gasteiger partial charge in [-0.05, 0) is 36.2 Å². The van der Waals surface area contributed by atoms with Crippen LogP contribution in [0.5, 0.6) is 0 Å². The summed E-state index contributed by atoms with van der Waals surface area (Å²) in [5.41, 5.74) is -2.51. The first kappa shape index (κ1) is 24.9. The summed E-state index contributed by atoms with van der Waals surface area (Å²) in [5.74, 6) is 0. The Balaban J connectivity index is 2.30. The number of hydrogen-bond acceptors (Lipinski definition) is 4. The number of hydrogen-bond donors (Lipinski definition) is 2. The second kappa shape index (κ2) is 8.90. The first-order valence-electron chi connectivity index (χ1n) is 9.88. The van der Waals surface area contributed by atoms with Crippen molar-refractivity contribution in [1.82, 2.24) is 9.78 Å². The van der Waals surface area contributed by atoms with Gasteiger partial charge in [0.1, 0.15) is 5.54 Å². The van der Waals surface area contributed by atoms with Gasteiger partial charge in [-0.2, -0.15) is 18.3 Å². The molecule has 33 heavy (non-hydrogen) atoms. The van der Waals surface area contributed by atoms with Crippen LogP contribution in [-0.4, -0.2) is 42.1 Å². The highest BCUT2D eigenvalue weighted by Gasteiger charge is 2.45. The minimum atomic E-state index is -4.63. The number of anilines is 1. The summed E-state index contributed by atoms with van der Waals surface area (Å²) < 4.78 is 93.8. The van der Waals surface area contributed by atoms with E-state index in [0.717, 1.165) is 35.2 Å². The van der Waals surface area contributed by atoms with Crippen LogP contribution in [0.4, 0.5) is 27.6 Å². The topological polar surface area (TPSA) is 84.2 Å². The zero-order valence-corrected chi connectivity index (χ0v) is 18.5. The van der Waals surface area contributed by atoms with Crippen molar-refractivity contribution in [1.29, 1.82) is 0 Å². The largest absolute Gasteiger partial charge is 0.416 e. The van der Waals surface area contributed by atoms with E-state index < -0.39 is 46.3 Å². The van der Waals surface area contributed by atoms with Crippen LogP contribution in [0, 0.1) is 0 Å². The average molecular weight is 491 g/mol. The van der Waals surface area contributed by atoms with E-state index in [1.165, 1.54) is 24.4 Å². The van der Waals surface area contributed by atoms with Gasteiger partial charge in [-0.1, -0.05) is 25.1 Å². The molecule has 0 bridgehead atoms. The number of alkyl halides is 5. The van der Waals surface area contributed by atoms with Gasteiger partial charge in [0, 0.05) is 11.8 Å². The molecule has 0 saturated carbocycles. The molecule has 0 spiro atoms. The molecule has 1 aromatic heterocycles. The average Bonchev–Trinajstić information content (AvgIpc) is 3.15. The van der Waals surface area contributed by atoms with E-state index in [4.69, 9.17) is 0 Å². The lowest BCUT2D eigenvalue weighted by atomic mass is 9.79. The molecule has 12 heteroatoms. The van der Waals surface area contributed by atoms with Gasteiger partial charge in [-0.3, -0.25) is 9.40 Å². The molecule has 0 aliphatic heterocycles. The number of benzene rings is 2. The van der Waals surface area contributed by atoms with Crippen molar-refractivity contribution in [3.05, 3.63) is 59.8 Å². The van der Waals surface area contributed by atoms with Crippen LogP contribution in [0.1, 0.15) is 30.9 Å². The number of aliphatic hydroxyl groups is 1. The lowest BCUT2D eigenvalue weighted by Gasteiger charge is -2.39. The summed E-state index contributed by atoms with van der Waals surface area (Å²) in [5, 5.41) is 15.4. The Labute approximate surface area is 187 Å². The maximum atomic E-state index is 13.9. The molecule has 180 valence electrons. The number of aliphatic hydroxyl groups excluding tert-OH is 1. The first-order valence-corrected chi connectivity index (χ1v) is 11.8. The highest BCUT2D eigenvalue weighted by Crippen LogP contribution is 2.41.